The van der Waals surface area contributed by atoms with E-state index in [2.05, 4.69) is 17.0 Å². The molecule has 114 valence electrons. The Morgan fingerprint density at radius 1 is 0.909 bits per heavy atom. The smallest absolute Gasteiger partial charge is 0.254 e. The highest BCUT2D eigenvalue weighted by Crippen LogP contribution is 2.18. The first-order valence-electron chi connectivity index (χ1n) is 7.57. The van der Waals surface area contributed by atoms with Gasteiger partial charge < -0.3 is 14.9 Å². The Bertz CT molecular complexity index is 635. The highest BCUT2D eigenvalue weighted by molar-refractivity contribution is 5.95. The van der Waals surface area contributed by atoms with Gasteiger partial charge in [-0.25, -0.2) is 0 Å². The van der Waals surface area contributed by atoms with E-state index in [1.807, 2.05) is 35.2 Å². The Morgan fingerprint density at radius 3 is 2.23 bits per heavy atom. The van der Waals surface area contributed by atoms with Crippen molar-refractivity contribution in [3.63, 3.8) is 0 Å². The number of carbonyl (C=O) groups excluding carboxylic acids is 1. The molecule has 1 amide bonds. The van der Waals surface area contributed by atoms with Crippen molar-refractivity contribution < 1.29 is 9.90 Å². The number of rotatable bonds is 3. The van der Waals surface area contributed by atoms with Crippen LogP contribution in [0.3, 0.4) is 0 Å². The number of benzene rings is 2. The number of hydrogen-bond donors (Lipinski definition) is 1. The lowest BCUT2D eigenvalue weighted by molar-refractivity contribution is 0.0743. The summed E-state index contributed by atoms with van der Waals surface area (Å²) in [5.41, 5.74) is 2.50. The molecular weight excluding hydrogens is 276 g/mol. The minimum Gasteiger partial charge on any atom is -0.392 e. The van der Waals surface area contributed by atoms with Crippen LogP contribution in [0.1, 0.15) is 15.9 Å². The zero-order chi connectivity index (χ0) is 15.4. The summed E-state index contributed by atoms with van der Waals surface area (Å²) in [5, 5.41) is 9.38. The van der Waals surface area contributed by atoms with Gasteiger partial charge in [-0.1, -0.05) is 36.4 Å². The fraction of sp³-hybridized carbons (Fsp3) is 0.278. The number of carbonyl (C=O) groups is 1. The summed E-state index contributed by atoms with van der Waals surface area (Å²) in [7, 11) is 0. The van der Waals surface area contributed by atoms with Crippen LogP contribution in [-0.4, -0.2) is 42.1 Å². The van der Waals surface area contributed by atoms with Gasteiger partial charge in [-0.15, -0.1) is 0 Å². The largest absolute Gasteiger partial charge is 0.392 e. The van der Waals surface area contributed by atoms with E-state index in [0.29, 0.717) is 24.2 Å². The average molecular weight is 296 g/mol. The van der Waals surface area contributed by atoms with Gasteiger partial charge in [0.2, 0.25) is 0 Å². The molecule has 0 aromatic heterocycles. The third-order valence-electron chi connectivity index (χ3n) is 4.11. The van der Waals surface area contributed by atoms with Crippen molar-refractivity contribution >= 4 is 11.6 Å². The van der Waals surface area contributed by atoms with Crippen molar-refractivity contribution in [2.75, 3.05) is 31.1 Å². The normalized spacial score (nSPS) is 15.0. The van der Waals surface area contributed by atoms with Crippen LogP contribution in [0.5, 0.6) is 0 Å². The zero-order valence-corrected chi connectivity index (χ0v) is 12.5. The van der Waals surface area contributed by atoms with Crippen LogP contribution >= 0.6 is 0 Å². The molecule has 1 heterocycles. The third-order valence-corrected chi connectivity index (χ3v) is 4.11. The lowest BCUT2D eigenvalue weighted by Gasteiger charge is -2.36. The maximum Gasteiger partial charge on any atom is 0.254 e. The molecular formula is C18H20N2O2. The molecule has 0 unspecified atom stereocenters. The lowest BCUT2D eigenvalue weighted by atomic mass is 10.1. The Labute approximate surface area is 130 Å². The zero-order valence-electron chi connectivity index (χ0n) is 12.5. The van der Waals surface area contributed by atoms with Gasteiger partial charge in [-0.2, -0.15) is 0 Å². The van der Waals surface area contributed by atoms with Crippen LogP contribution in [0.25, 0.3) is 0 Å². The third kappa shape index (κ3) is 2.97. The predicted molar refractivity (Wildman–Crippen MR) is 86.9 cm³/mol. The minimum absolute atomic E-state index is 0.0114. The standard InChI is InChI=1S/C18H20N2O2/c21-14-15-6-4-5-9-17(15)18(22)20-12-10-19(11-13-20)16-7-2-1-3-8-16/h1-9,21H,10-14H2. The summed E-state index contributed by atoms with van der Waals surface area (Å²) in [6.45, 7) is 2.96. The SMILES string of the molecule is O=C(c1ccccc1CO)N1CCN(c2ccccc2)CC1. The highest BCUT2D eigenvalue weighted by Gasteiger charge is 2.23. The van der Waals surface area contributed by atoms with Crippen molar-refractivity contribution in [2.45, 2.75) is 6.61 Å². The molecule has 0 aliphatic carbocycles. The molecule has 0 bridgehead atoms. The molecule has 0 saturated carbocycles. The molecule has 0 spiro atoms. The van der Waals surface area contributed by atoms with E-state index in [1.165, 1.54) is 5.69 Å². The quantitative estimate of drug-likeness (QED) is 0.944. The molecule has 3 rings (SSSR count). The number of hydrogen-bond acceptors (Lipinski definition) is 3. The number of nitrogens with zero attached hydrogens (tertiary/aromatic N) is 2. The van der Waals surface area contributed by atoms with Gasteiger partial charge in [-0.3, -0.25) is 4.79 Å². The van der Waals surface area contributed by atoms with Gasteiger partial charge in [0.1, 0.15) is 0 Å². The summed E-state index contributed by atoms with van der Waals surface area (Å²) in [5.74, 6) is 0.0114. The van der Waals surface area contributed by atoms with E-state index >= 15 is 0 Å². The van der Waals surface area contributed by atoms with E-state index in [4.69, 9.17) is 0 Å². The van der Waals surface area contributed by atoms with Gasteiger partial charge in [0.15, 0.2) is 0 Å². The number of piperazine rings is 1. The van der Waals surface area contributed by atoms with Gasteiger partial charge in [0, 0.05) is 37.4 Å². The molecule has 0 radical (unpaired) electrons. The van der Waals surface area contributed by atoms with Gasteiger partial charge >= 0.3 is 0 Å². The lowest BCUT2D eigenvalue weighted by Crippen LogP contribution is -2.49. The molecule has 2 aromatic rings. The second-order valence-corrected chi connectivity index (χ2v) is 5.43. The monoisotopic (exact) mass is 296 g/mol. The van der Waals surface area contributed by atoms with E-state index in [9.17, 15) is 9.90 Å². The Balaban J connectivity index is 1.67. The maximum absolute atomic E-state index is 12.6. The number of aliphatic hydroxyl groups excluding tert-OH is 1. The Kier molecular flexibility index (Phi) is 4.39. The maximum atomic E-state index is 12.6. The Morgan fingerprint density at radius 2 is 1.55 bits per heavy atom. The van der Waals surface area contributed by atoms with E-state index in [-0.39, 0.29) is 12.5 Å². The van der Waals surface area contributed by atoms with Crippen LogP contribution in [0.4, 0.5) is 5.69 Å². The molecule has 1 aliphatic rings. The minimum atomic E-state index is -0.105. The fourth-order valence-corrected chi connectivity index (χ4v) is 2.84. The first-order valence-corrected chi connectivity index (χ1v) is 7.57. The molecule has 2 aromatic carbocycles. The number of amides is 1. The molecule has 1 N–H and O–H groups in total. The first-order chi connectivity index (χ1) is 10.8. The summed E-state index contributed by atoms with van der Waals surface area (Å²) in [6, 6.07) is 17.5. The topological polar surface area (TPSA) is 43.8 Å². The van der Waals surface area contributed by atoms with E-state index in [0.717, 1.165) is 13.1 Å². The van der Waals surface area contributed by atoms with Crippen LogP contribution in [-0.2, 0) is 6.61 Å². The van der Waals surface area contributed by atoms with E-state index < -0.39 is 0 Å². The van der Waals surface area contributed by atoms with Crippen LogP contribution in [0.15, 0.2) is 54.6 Å². The summed E-state index contributed by atoms with van der Waals surface area (Å²) in [6.07, 6.45) is 0. The van der Waals surface area contributed by atoms with Crippen molar-refractivity contribution in [3.05, 3.63) is 65.7 Å². The molecule has 1 saturated heterocycles. The molecule has 4 nitrogen and oxygen atoms in total. The summed E-state index contributed by atoms with van der Waals surface area (Å²) < 4.78 is 0. The molecule has 1 aliphatic heterocycles. The van der Waals surface area contributed by atoms with E-state index in [1.54, 1.807) is 12.1 Å². The number of aliphatic hydroxyl groups is 1. The molecule has 4 heteroatoms. The summed E-state index contributed by atoms with van der Waals surface area (Å²) in [4.78, 5) is 16.8. The predicted octanol–water partition coefficient (Wildman–Crippen LogP) is 2.14. The first kappa shape index (κ1) is 14.6. The summed E-state index contributed by atoms with van der Waals surface area (Å²) >= 11 is 0. The second kappa shape index (κ2) is 6.62. The fourth-order valence-electron chi connectivity index (χ4n) is 2.84. The van der Waals surface area contributed by atoms with Gasteiger partial charge in [0.25, 0.3) is 5.91 Å². The Hall–Kier alpha value is -2.33. The van der Waals surface area contributed by atoms with Crippen molar-refractivity contribution in [3.8, 4) is 0 Å². The van der Waals surface area contributed by atoms with Gasteiger partial charge in [-0.05, 0) is 23.8 Å². The molecule has 0 atom stereocenters. The van der Waals surface area contributed by atoms with Crippen molar-refractivity contribution in [1.29, 1.82) is 0 Å². The van der Waals surface area contributed by atoms with Crippen LogP contribution < -0.4 is 4.90 Å². The second-order valence-electron chi connectivity index (χ2n) is 5.43. The van der Waals surface area contributed by atoms with Crippen LogP contribution in [0.2, 0.25) is 0 Å². The highest BCUT2D eigenvalue weighted by atomic mass is 16.3. The molecule has 1 fully saturated rings. The van der Waals surface area contributed by atoms with Crippen molar-refractivity contribution in [1.82, 2.24) is 4.90 Å². The number of para-hydroxylation sites is 1. The number of anilines is 1. The van der Waals surface area contributed by atoms with Crippen molar-refractivity contribution in [2.24, 2.45) is 0 Å². The average Bonchev–Trinajstić information content (AvgIpc) is 2.62. The van der Waals surface area contributed by atoms with Gasteiger partial charge in [0.05, 0.1) is 6.61 Å². The van der Waals surface area contributed by atoms with Crippen LogP contribution in [0, 0.1) is 0 Å². The molecule has 22 heavy (non-hydrogen) atoms.